The lowest BCUT2D eigenvalue weighted by Gasteiger charge is -2.14. The summed E-state index contributed by atoms with van der Waals surface area (Å²) in [6.45, 7) is 4.12. The lowest BCUT2D eigenvalue weighted by molar-refractivity contribution is 0.446. The molecule has 0 saturated heterocycles. The Labute approximate surface area is 105 Å². The largest absolute Gasteiger partial charge is 0.330 e. The van der Waals surface area contributed by atoms with Crippen molar-refractivity contribution in [1.29, 1.82) is 0 Å². The van der Waals surface area contributed by atoms with Crippen LogP contribution in [0.2, 0.25) is 0 Å². The molecule has 1 aliphatic carbocycles. The second-order valence-electron chi connectivity index (χ2n) is 5.16. The second-order valence-corrected chi connectivity index (χ2v) is 5.16. The summed E-state index contributed by atoms with van der Waals surface area (Å²) < 4.78 is 0. The Morgan fingerprint density at radius 1 is 1.35 bits per heavy atom. The molecule has 1 aromatic rings. The summed E-state index contributed by atoms with van der Waals surface area (Å²) in [6, 6.07) is 11.5. The summed E-state index contributed by atoms with van der Waals surface area (Å²) in [4.78, 5) is 0. The van der Waals surface area contributed by atoms with Crippen LogP contribution in [-0.4, -0.2) is 19.1 Å². The van der Waals surface area contributed by atoms with E-state index in [9.17, 15) is 0 Å². The van der Waals surface area contributed by atoms with Crippen molar-refractivity contribution in [2.45, 2.75) is 38.1 Å². The molecule has 0 spiro atoms. The molecule has 1 fully saturated rings. The van der Waals surface area contributed by atoms with Crippen LogP contribution in [0.3, 0.4) is 0 Å². The van der Waals surface area contributed by atoms with E-state index in [1.54, 1.807) is 0 Å². The molecule has 2 rings (SSSR count). The first-order valence-corrected chi connectivity index (χ1v) is 6.83. The topological polar surface area (TPSA) is 38.0 Å². The van der Waals surface area contributed by atoms with Crippen LogP contribution < -0.4 is 11.1 Å². The summed E-state index contributed by atoms with van der Waals surface area (Å²) in [5.41, 5.74) is 7.25. The summed E-state index contributed by atoms with van der Waals surface area (Å²) in [5, 5.41) is 3.66. The molecule has 1 aliphatic rings. The number of benzene rings is 1. The molecular formula is C15H24N2. The van der Waals surface area contributed by atoms with Crippen LogP contribution in [0.4, 0.5) is 0 Å². The highest BCUT2D eigenvalue weighted by Crippen LogP contribution is 2.40. The molecular weight excluding hydrogens is 208 g/mol. The maximum atomic E-state index is 5.77. The van der Waals surface area contributed by atoms with Gasteiger partial charge in [0.25, 0.3) is 0 Å². The van der Waals surface area contributed by atoms with Crippen molar-refractivity contribution in [2.24, 2.45) is 11.7 Å². The monoisotopic (exact) mass is 232 g/mol. The second kappa shape index (κ2) is 6.18. The van der Waals surface area contributed by atoms with E-state index in [0.717, 1.165) is 19.0 Å². The zero-order valence-electron chi connectivity index (χ0n) is 10.7. The highest BCUT2D eigenvalue weighted by atomic mass is 15.0. The van der Waals surface area contributed by atoms with Crippen LogP contribution in [0.5, 0.6) is 0 Å². The number of hydrogen-bond acceptors (Lipinski definition) is 2. The van der Waals surface area contributed by atoms with Gasteiger partial charge in [0, 0.05) is 12.0 Å². The van der Waals surface area contributed by atoms with Crippen molar-refractivity contribution in [3.05, 3.63) is 35.9 Å². The SMILES string of the molecule is CCCC(CN)CNC1CC1c1ccccc1. The summed E-state index contributed by atoms with van der Waals surface area (Å²) in [7, 11) is 0. The molecule has 3 unspecified atom stereocenters. The van der Waals surface area contributed by atoms with E-state index in [1.165, 1.54) is 24.8 Å². The van der Waals surface area contributed by atoms with Gasteiger partial charge in [-0.2, -0.15) is 0 Å². The van der Waals surface area contributed by atoms with E-state index in [4.69, 9.17) is 5.73 Å². The first-order chi connectivity index (χ1) is 8.35. The lowest BCUT2D eigenvalue weighted by atomic mass is 10.0. The predicted molar refractivity (Wildman–Crippen MR) is 73.0 cm³/mol. The smallest absolute Gasteiger partial charge is 0.0143 e. The number of hydrogen-bond donors (Lipinski definition) is 2. The molecule has 0 amide bonds. The quantitative estimate of drug-likeness (QED) is 0.758. The van der Waals surface area contributed by atoms with Crippen LogP contribution >= 0.6 is 0 Å². The first kappa shape index (κ1) is 12.6. The van der Waals surface area contributed by atoms with Crippen molar-refractivity contribution >= 4 is 0 Å². The van der Waals surface area contributed by atoms with E-state index in [0.29, 0.717) is 12.0 Å². The first-order valence-electron chi connectivity index (χ1n) is 6.83. The van der Waals surface area contributed by atoms with Crippen LogP contribution in [0.25, 0.3) is 0 Å². The molecule has 1 saturated carbocycles. The molecule has 94 valence electrons. The minimum atomic E-state index is 0.650. The average Bonchev–Trinajstić information content (AvgIpc) is 3.15. The van der Waals surface area contributed by atoms with Crippen LogP contribution in [0.1, 0.15) is 37.7 Å². The molecule has 3 N–H and O–H groups in total. The molecule has 1 aromatic carbocycles. The Bertz CT molecular complexity index is 323. The average molecular weight is 232 g/mol. The van der Waals surface area contributed by atoms with Crippen molar-refractivity contribution < 1.29 is 0 Å². The Balaban J connectivity index is 1.73. The van der Waals surface area contributed by atoms with Gasteiger partial charge < -0.3 is 11.1 Å². The van der Waals surface area contributed by atoms with Gasteiger partial charge in [0.2, 0.25) is 0 Å². The fourth-order valence-corrected chi connectivity index (χ4v) is 2.52. The van der Waals surface area contributed by atoms with Gasteiger partial charge in [-0.05, 0) is 37.4 Å². The Hall–Kier alpha value is -0.860. The molecule has 17 heavy (non-hydrogen) atoms. The van der Waals surface area contributed by atoms with Gasteiger partial charge in [0.15, 0.2) is 0 Å². The maximum Gasteiger partial charge on any atom is 0.0143 e. The van der Waals surface area contributed by atoms with Gasteiger partial charge in [-0.3, -0.25) is 0 Å². The van der Waals surface area contributed by atoms with Crippen molar-refractivity contribution in [1.82, 2.24) is 5.32 Å². The van der Waals surface area contributed by atoms with Crippen LogP contribution in [0.15, 0.2) is 30.3 Å². The fourth-order valence-electron chi connectivity index (χ4n) is 2.52. The molecule has 0 bridgehead atoms. The van der Waals surface area contributed by atoms with Crippen LogP contribution in [0, 0.1) is 5.92 Å². The normalized spacial score (nSPS) is 24.6. The highest BCUT2D eigenvalue weighted by Gasteiger charge is 2.37. The maximum absolute atomic E-state index is 5.77. The van der Waals surface area contributed by atoms with Gasteiger partial charge >= 0.3 is 0 Å². The number of nitrogens with two attached hydrogens (primary N) is 1. The fraction of sp³-hybridized carbons (Fsp3) is 0.600. The third kappa shape index (κ3) is 3.55. The Morgan fingerprint density at radius 3 is 2.76 bits per heavy atom. The molecule has 0 aromatic heterocycles. The van der Waals surface area contributed by atoms with Crippen LogP contribution in [-0.2, 0) is 0 Å². The minimum absolute atomic E-state index is 0.650. The number of rotatable bonds is 7. The summed E-state index contributed by atoms with van der Waals surface area (Å²) in [5.74, 6) is 1.38. The lowest BCUT2D eigenvalue weighted by Crippen LogP contribution is -2.30. The summed E-state index contributed by atoms with van der Waals surface area (Å²) in [6.07, 6.45) is 3.76. The van der Waals surface area contributed by atoms with Gasteiger partial charge in [-0.15, -0.1) is 0 Å². The molecule has 2 nitrogen and oxygen atoms in total. The van der Waals surface area contributed by atoms with E-state index < -0.39 is 0 Å². The summed E-state index contributed by atoms with van der Waals surface area (Å²) >= 11 is 0. The molecule has 0 heterocycles. The van der Waals surface area contributed by atoms with Gasteiger partial charge in [-0.1, -0.05) is 43.7 Å². The molecule has 0 aliphatic heterocycles. The Morgan fingerprint density at radius 2 is 2.12 bits per heavy atom. The number of nitrogens with one attached hydrogen (secondary N) is 1. The standard InChI is InChI=1S/C15H24N2/c1-2-6-12(10-16)11-17-15-9-14(15)13-7-4-3-5-8-13/h3-5,7-8,12,14-15,17H,2,6,9-11,16H2,1H3. The third-order valence-electron chi connectivity index (χ3n) is 3.72. The van der Waals surface area contributed by atoms with Gasteiger partial charge in [0.05, 0.1) is 0 Å². The van der Waals surface area contributed by atoms with Gasteiger partial charge in [-0.25, -0.2) is 0 Å². The Kier molecular flexibility index (Phi) is 4.57. The third-order valence-corrected chi connectivity index (χ3v) is 3.72. The zero-order valence-corrected chi connectivity index (χ0v) is 10.7. The minimum Gasteiger partial charge on any atom is -0.330 e. The predicted octanol–water partition coefficient (Wildman–Crippen LogP) is 2.51. The molecule has 2 heteroatoms. The van der Waals surface area contributed by atoms with E-state index in [-0.39, 0.29) is 0 Å². The van der Waals surface area contributed by atoms with Crippen molar-refractivity contribution in [3.63, 3.8) is 0 Å². The van der Waals surface area contributed by atoms with E-state index in [2.05, 4.69) is 42.6 Å². The van der Waals surface area contributed by atoms with Crippen molar-refractivity contribution in [3.8, 4) is 0 Å². The van der Waals surface area contributed by atoms with E-state index >= 15 is 0 Å². The van der Waals surface area contributed by atoms with Gasteiger partial charge in [0.1, 0.15) is 0 Å². The van der Waals surface area contributed by atoms with E-state index in [1.807, 2.05) is 0 Å². The highest BCUT2D eigenvalue weighted by molar-refractivity contribution is 5.27. The zero-order chi connectivity index (χ0) is 12.1. The van der Waals surface area contributed by atoms with Crippen molar-refractivity contribution in [2.75, 3.05) is 13.1 Å². The molecule has 3 atom stereocenters. The molecule has 0 radical (unpaired) electrons.